The lowest BCUT2D eigenvalue weighted by Crippen LogP contribution is -2.32. The van der Waals surface area contributed by atoms with Gasteiger partial charge >= 0.3 is 0 Å². The fourth-order valence-corrected chi connectivity index (χ4v) is 2.45. The van der Waals surface area contributed by atoms with Gasteiger partial charge in [-0.05, 0) is 30.6 Å². The third kappa shape index (κ3) is 2.22. The maximum atomic E-state index is 11.2. The van der Waals surface area contributed by atoms with Crippen molar-refractivity contribution in [1.82, 2.24) is 0 Å². The molecular formula is C14H22O. The Balaban J connectivity index is 2.94. The van der Waals surface area contributed by atoms with E-state index < -0.39 is 0 Å². The SMILES string of the molecule is CC(=O)C1=CCC(C(C)C)(C(C)C)C=C1. The van der Waals surface area contributed by atoms with Gasteiger partial charge in [0.2, 0.25) is 0 Å². The first-order chi connectivity index (χ1) is 6.90. The van der Waals surface area contributed by atoms with E-state index in [9.17, 15) is 4.79 Å². The Bertz CT molecular complexity index is 297. The second-order valence-electron chi connectivity index (χ2n) is 5.17. The first-order valence-electron chi connectivity index (χ1n) is 5.80. The Morgan fingerprint density at radius 1 is 1.27 bits per heavy atom. The number of hydrogen-bond acceptors (Lipinski definition) is 1. The van der Waals surface area contributed by atoms with E-state index in [2.05, 4.69) is 39.8 Å². The number of rotatable bonds is 3. The topological polar surface area (TPSA) is 17.1 Å². The maximum Gasteiger partial charge on any atom is 0.159 e. The summed E-state index contributed by atoms with van der Waals surface area (Å²) < 4.78 is 0. The molecule has 84 valence electrons. The van der Waals surface area contributed by atoms with Gasteiger partial charge in [0.15, 0.2) is 5.78 Å². The summed E-state index contributed by atoms with van der Waals surface area (Å²) in [6.45, 7) is 10.7. The van der Waals surface area contributed by atoms with Gasteiger partial charge in [-0.25, -0.2) is 0 Å². The number of allylic oxidation sites excluding steroid dienone is 4. The molecule has 0 aromatic rings. The first-order valence-corrected chi connectivity index (χ1v) is 5.80. The van der Waals surface area contributed by atoms with Crippen LogP contribution in [0.2, 0.25) is 0 Å². The van der Waals surface area contributed by atoms with Gasteiger partial charge in [0.1, 0.15) is 0 Å². The van der Waals surface area contributed by atoms with Crippen molar-refractivity contribution in [2.75, 3.05) is 0 Å². The van der Waals surface area contributed by atoms with E-state index in [-0.39, 0.29) is 11.2 Å². The fraction of sp³-hybridized carbons (Fsp3) is 0.643. The van der Waals surface area contributed by atoms with E-state index in [0.717, 1.165) is 12.0 Å². The van der Waals surface area contributed by atoms with Crippen molar-refractivity contribution in [2.45, 2.75) is 41.0 Å². The molecule has 1 aliphatic carbocycles. The van der Waals surface area contributed by atoms with Crippen molar-refractivity contribution >= 4 is 5.78 Å². The molecule has 0 heterocycles. The lowest BCUT2D eigenvalue weighted by atomic mass is 9.64. The quantitative estimate of drug-likeness (QED) is 0.687. The van der Waals surface area contributed by atoms with Crippen molar-refractivity contribution < 1.29 is 4.79 Å². The van der Waals surface area contributed by atoms with Crippen LogP contribution in [0, 0.1) is 17.3 Å². The van der Waals surface area contributed by atoms with E-state index in [1.807, 2.05) is 6.08 Å². The van der Waals surface area contributed by atoms with Crippen LogP contribution in [-0.2, 0) is 4.79 Å². The van der Waals surface area contributed by atoms with Crippen molar-refractivity contribution in [3.05, 3.63) is 23.8 Å². The van der Waals surface area contributed by atoms with E-state index in [1.54, 1.807) is 6.92 Å². The maximum absolute atomic E-state index is 11.2. The molecule has 0 fully saturated rings. The zero-order valence-electron chi connectivity index (χ0n) is 10.5. The van der Waals surface area contributed by atoms with Crippen molar-refractivity contribution in [3.63, 3.8) is 0 Å². The largest absolute Gasteiger partial charge is 0.295 e. The number of ketones is 1. The molecule has 15 heavy (non-hydrogen) atoms. The van der Waals surface area contributed by atoms with Crippen LogP contribution in [0.5, 0.6) is 0 Å². The normalized spacial score (nSPS) is 19.5. The second-order valence-corrected chi connectivity index (χ2v) is 5.17. The molecule has 0 aliphatic heterocycles. The van der Waals surface area contributed by atoms with Gasteiger partial charge in [-0.15, -0.1) is 0 Å². The van der Waals surface area contributed by atoms with Gasteiger partial charge in [-0.3, -0.25) is 4.79 Å². The lowest BCUT2D eigenvalue weighted by Gasteiger charge is -2.40. The molecule has 1 nitrogen and oxygen atoms in total. The molecule has 0 N–H and O–H groups in total. The highest BCUT2D eigenvalue weighted by molar-refractivity contribution is 5.96. The highest BCUT2D eigenvalue weighted by Crippen LogP contribution is 2.43. The van der Waals surface area contributed by atoms with Crippen LogP contribution in [0.3, 0.4) is 0 Å². The summed E-state index contributed by atoms with van der Waals surface area (Å²) in [5, 5.41) is 0. The lowest BCUT2D eigenvalue weighted by molar-refractivity contribution is -0.113. The van der Waals surface area contributed by atoms with E-state index in [1.165, 1.54) is 0 Å². The minimum absolute atomic E-state index is 0.173. The van der Waals surface area contributed by atoms with E-state index in [4.69, 9.17) is 0 Å². The summed E-state index contributed by atoms with van der Waals surface area (Å²) in [6, 6.07) is 0. The number of carbonyl (C=O) groups is 1. The summed E-state index contributed by atoms with van der Waals surface area (Å²) in [5.74, 6) is 1.39. The zero-order chi connectivity index (χ0) is 11.6. The van der Waals surface area contributed by atoms with E-state index >= 15 is 0 Å². The standard InChI is InChI=1S/C14H22O/c1-10(2)14(11(3)4)8-6-13(7-9-14)12(5)15/h6-8,10-11H,9H2,1-5H3. The predicted molar refractivity (Wildman–Crippen MR) is 64.6 cm³/mol. The molecule has 0 spiro atoms. The zero-order valence-corrected chi connectivity index (χ0v) is 10.5. The third-order valence-electron chi connectivity index (χ3n) is 3.81. The third-order valence-corrected chi connectivity index (χ3v) is 3.81. The molecule has 0 saturated heterocycles. The minimum atomic E-state index is 0.173. The molecule has 0 saturated carbocycles. The molecule has 0 atom stereocenters. The van der Waals surface area contributed by atoms with Crippen LogP contribution in [0.15, 0.2) is 23.8 Å². The molecule has 1 rings (SSSR count). The van der Waals surface area contributed by atoms with Gasteiger partial charge in [-0.2, -0.15) is 0 Å². The average Bonchev–Trinajstić information content (AvgIpc) is 2.17. The highest BCUT2D eigenvalue weighted by atomic mass is 16.1. The summed E-state index contributed by atoms with van der Waals surface area (Å²) in [6.07, 6.45) is 7.35. The summed E-state index contributed by atoms with van der Waals surface area (Å²) in [4.78, 5) is 11.2. The highest BCUT2D eigenvalue weighted by Gasteiger charge is 2.35. The second kappa shape index (κ2) is 4.34. The van der Waals surface area contributed by atoms with Crippen LogP contribution in [0.4, 0.5) is 0 Å². The summed E-state index contributed by atoms with van der Waals surface area (Å²) in [5.41, 5.74) is 1.10. The predicted octanol–water partition coefficient (Wildman–Crippen LogP) is 3.76. The van der Waals surface area contributed by atoms with Crippen molar-refractivity contribution in [3.8, 4) is 0 Å². The first kappa shape index (κ1) is 12.2. The monoisotopic (exact) mass is 206 g/mol. The molecule has 1 aliphatic rings. The molecular weight excluding hydrogens is 184 g/mol. The van der Waals surface area contributed by atoms with Crippen LogP contribution in [0.25, 0.3) is 0 Å². The average molecular weight is 206 g/mol. The van der Waals surface area contributed by atoms with Crippen LogP contribution in [-0.4, -0.2) is 5.78 Å². The molecule has 1 heteroatoms. The minimum Gasteiger partial charge on any atom is -0.295 e. The van der Waals surface area contributed by atoms with Crippen LogP contribution >= 0.6 is 0 Å². The smallest absolute Gasteiger partial charge is 0.159 e. The molecule has 0 radical (unpaired) electrons. The van der Waals surface area contributed by atoms with Crippen molar-refractivity contribution in [2.24, 2.45) is 17.3 Å². The Hall–Kier alpha value is -0.850. The molecule has 0 bridgehead atoms. The van der Waals surface area contributed by atoms with Gasteiger partial charge in [0.25, 0.3) is 0 Å². The van der Waals surface area contributed by atoms with Crippen LogP contribution < -0.4 is 0 Å². The number of Topliss-reactive ketones (excluding diaryl/α,β-unsaturated/α-hetero) is 1. The molecule has 0 unspecified atom stereocenters. The van der Waals surface area contributed by atoms with Crippen molar-refractivity contribution in [1.29, 1.82) is 0 Å². The van der Waals surface area contributed by atoms with Crippen LogP contribution in [0.1, 0.15) is 41.0 Å². The summed E-state index contributed by atoms with van der Waals surface area (Å²) >= 11 is 0. The molecule has 0 aromatic carbocycles. The van der Waals surface area contributed by atoms with Gasteiger partial charge in [-0.1, -0.05) is 45.9 Å². The van der Waals surface area contributed by atoms with Gasteiger partial charge in [0.05, 0.1) is 0 Å². The Kier molecular flexibility index (Phi) is 3.54. The van der Waals surface area contributed by atoms with Gasteiger partial charge in [0, 0.05) is 5.57 Å². The molecule has 0 amide bonds. The Labute approximate surface area is 93.3 Å². The molecule has 0 aromatic heterocycles. The van der Waals surface area contributed by atoms with E-state index in [0.29, 0.717) is 11.8 Å². The number of hydrogen-bond donors (Lipinski definition) is 0. The number of carbonyl (C=O) groups excluding carboxylic acids is 1. The Morgan fingerprint density at radius 3 is 2.07 bits per heavy atom. The van der Waals surface area contributed by atoms with Gasteiger partial charge < -0.3 is 0 Å². The Morgan fingerprint density at radius 2 is 1.80 bits per heavy atom. The fourth-order valence-electron chi connectivity index (χ4n) is 2.45. The summed E-state index contributed by atoms with van der Waals surface area (Å²) in [7, 11) is 0.